The standard InChI is InChI=1S/C23H37N5O2.HI/c1-3-24-23(26-18-19-7-6-10-21(17-19)30-2)25-11-12-27-13-15-28(16-14-27)22(29)20-8-4-5-9-20;/h6-7,10,17,20H,3-5,8-9,11-16,18H2,1-2H3,(H2,24,25,26);1H. The summed E-state index contributed by atoms with van der Waals surface area (Å²) < 4.78 is 5.28. The molecule has 1 aliphatic heterocycles. The van der Waals surface area contributed by atoms with Crippen molar-refractivity contribution < 1.29 is 9.53 Å². The molecule has 3 rings (SSSR count). The van der Waals surface area contributed by atoms with Gasteiger partial charge in [-0.25, -0.2) is 4.99 Å². The molecule has 1 amide bonds. The van der Waals surface area contributed by atoms with Gasteiger partial charge >= 0.3 is 0 Å². The summed E-state index contributed by atoms with van der Waals surface area (Å²) in [4.78, 5) is 21.8. The number of hydrogen-bond donors (Lipinski definition) is 2. The molecule has 0 spiro atoms. The first-order chi connectivity index (χ1) is 14.7. The van der Waals surface area contributed by atoms with Gasteiger partial charge in [-0.2, -0.15) is 0 Å². The second-order valence-electron chi connectivity index (χ2n) is 8.12. The zero-order valence-electron chi connectivity index (χ0n) is 18.9. The smallest absolute Gasteiger partial charge is 0.225 e. The molecular weight excluding hydrogens is 505 g/mol. The first-order valence-corrected chi connectivity index (χ1v) is 11.4. The second-order valence-corrected chi connectivity index (χ2v) is 8.12. The van der Waals surface area contributed by atoms with Gasteiger partial charge in [0.25, 0.3) is 0 Å². The van der Waals surface area contributed by atoms with E-state index in [1.54, 1.807) is 7.11 Å². The Kier molecular flexibility index (Phi) is 11.4. The van der Waals surface area contributed by atoms with E-state index in [4.69, 9.17) is 4.74 Å². The van der Waals surface area contributed by atoms with Gasteiger partial charge in [-0.15, -0.1) is 24.0 Å². The molecule has 2 N–H and O–H groups in total. The molecule has 1 aromatic rings. The fraction of sp³-hybridized carbons (Fsp3) is 0.652. The quantitative estimate of drug-likeness (QED) is 0.300. The number of hydrogen-bond acceptors (Lipinski definition) is 4. The van der Waals surface area contributed by atoms with Crippen LogP contribution in [-0.4, -0.2) is 74.6 Å². The minimum absolute atomic E-state index is 0. The summed E-state index contributed by atoms with van der Waals surface area (Å²) in [6.45, 7) is 8.92. The summed E-state index contributed by atoms with van der Waals surface area (Å²) in [5.41, 5.74) is 1.12. The summed E-state index contributed by atoms with van der Waals surface area (Å²) in [7, 11) is 1.68. The Morgan fingerprint density at radius 3 is 2.58 bits per heavy atom. The molecule has 0 unspecified atom stereocenters. The van der Waals surface area contributed by atoms with Crippen LogP contribution in [0.2, 0.25) is 0 Å². The Morgan fingerprint density at radius 1 is 1.16 bits per heavy atom. The number of halogens is 1. The van der Waals surface area contributed by atoms with Gasteiger partial charge in [0.05, 0.1) is 13.7 Å². The van der Waals surface area contributed by atoms with Crippen LogP contribution in [0.5, 0.6) is 5.75 Å². The Hall–Kier alpha value is -1.55. The van der Waals surface area contributed by atoms with E-state index in [-0.39, 0.29) is 24.0 Å². The second kappa shape index (κ2) is 13.8. The summed E-state index contributed by atoms with van der Waals surface area (Å²) in [6.07, 6.45) is 4.61. The zero-order chi connectivity index (χ0) is 21.2. The van der Waals surface area contributed by atoms with E-state index < -0.39 is 0 Å². The number of benzene rings is 1. The molecule has 0 aromatic heterocycles. The van der Waals surface area contributed by atoms with Crippen LogP contribution in [0, 0.1) is 5.92 Å². The van der Waals surface area contributed by atoms with E-state index in [9.17, 15) is 4.79 Å². The van der Waals surface area contributed by atoms with Gasteiger partial charge < -0.3 is 20.3 Å². The number of ether oxygens (including phenoxy) is 1. The van der Waals surface area contributed by atoms with Crippen LogP contribution in [0.4, 0.5) is 0 Å². The number of nitrogens with zero attached hydrogens (tertiary/aromatic N) is 3. The van der Waals surface area contributed by atoms with Crippen LogP contribution < -0.4 is 15.4 Å². The molecule has 1 aliphatic carbocycles. The molecule has 8 heteroatoms. The third kappa shape index (κ3) is 8.14. The predicted octanol–water partition coefficient (Wildman–Crippen LogP) is 2.70. The van der Waals surface area contributed by atoms with E-state index >= 15 is 0 Å². The lowest BCUT2D eigenvalue weighted by Gasteiger charge is -2.36. The number of guanidine groups is 1. The van der Waals surface area contributed by atoms with Crippen LogP contribution in [0.15, 0.2) is 29.3 Å². The van der Waals surface area contributed by atoms with Crippen LogP contribution in [0.1, 0.15) is 38.2 Å². The monoisotopic (exact) mass is 543 g/mol. The van der Waals surface area contributed by atoms with Crippen molar-refractivity contribution in [3.8, 4) is 5.75 Å². The average Bonchev–Trinajstić information content (AvgIpc) is 3.32. The van der Waals surface area contributed by atoms with Gasteiger partial charge in [0.15, 0.2) is 5.96 Å². The van der Waals surface area contributed by atoms with Crippen molar-refractivity contribution in [1.29, 1.82) is 0 Å². The molecule has 1 saturated heterocycles. The Bertz CT molecular complexity index is 701. The van der Waals surface area contributed by atoms with Crippen molar-refractivity contribution in [1.82, 2.24) is 20.4 Å². The summed E-state index contributed by atoms with van der Waals surface area (Å²) >= 11 is 0. The van der Waals surface area contributed by atoms with Gasteiger partial charge in [-0.1, -0.05) is 25.0 Å². The van der Waals surface area contributed by atoms with Gasteiger partial charge in [0, 0.05) is 51.7 Å². The molecule has 0 atom stereocenters. The van der Waals surface area contributed by atoms with Gasteiger partial charge in [0.2, 0.25) is 5.91 Å². The van der Waals surface area contributed by atoms with Crippen LogP contribution >= 0.6 is 24.0 Å². The highest BCUT2D eigenvalue weighted by Gasteiger charge is 2.29. The lowest BCUT2D eigenvalue weighted by molar-refractivity contribution is -0.137. The first kappa shape index (κ1) is 25.7. The minimum atomic E-state index is 0. The van der Waals surface area contributed by atoms with Gasteiger partial charge in [0.1, 0.15) is 5.75 Å². The SMILES string of the molecule is CCNC(=NCc1cccc(OC)c1)NCCN1CCN(C(=O)C2CCCC2)CC1.I. The van der Waals surface area contributed by atoms with Gasteiger partial charge in [-0.3, -0.25) is 9.69 Å². The van der Waals surface area contributed by atoms with E-state index in [0.29, 0.717) is 18.4 Å². The third-order valence-electron chi connectivity index (χ3n) is 6.01. The maximum atomic E-state index is 12.6. The van der Waals surface area contributed by atoms with Gasteiger partial charge in [-0.05, 0) is 37.5 Å². The Balaban J connectivity index is 0.00000341. The number of rotatable bonds is 8. The molecular formula is C23H38IN5O2. The van der Waals surface area contributed by atoms with Crippen LogP contribution in [0.3, 0.4) is 0 Å². The lowest BCUT2D eigenvalue weighted by Crippen LogP contribution is -2.51. The Labute approximate surface area is 204 Å². The van der Waals surface area contributed by atoms with Crippen molar-refractivity contribution in [2.45, 2.75) is 39.2 Å². The van der Waals surface area contributed by atoms with E-state index in [0.717, 1.165) is 75.9 Å². The maximum absolute atomic E-state index is 12.6. The number of nitrogens with one attached hydrogen (secondary N) is 2. The third-order valence-corrected chi connectivity index (χ3v) is 6.01. The molecule has 1 saturated carbocycles. The van der Waals surface area contributed by atoms with Crippen molar-refractivity contribution in [2.75, 3.05) is 52.9 Å². The number of amides is 1. The molecule has 1 heterocycles. The molecule has 7 nitrogen and oxygen atoms in total. The number of carbonyl (C=O) groups excluding carboxylic acids is 1. The average molecular weight is 543 g/mol. The summed E-state index contributed by atoms with van der Waals surface area (Å²) in [6, 6.07) is 8.00. The van der Waals surface area contributed by atoms with Crippen molar-refractivity contribution in [3.63, 3.8) is 0 Å². The van der Waals surface area contributed by atoms with Crippen molar-refractivity contribution in [3.05, 3.63) is 29.8 Å². The number of piperazine rings is 1. The number of methoxy groups -OCH3 is 1. The zero-order valence-corrected chi connectivity index (χ0v) is 21.3. The normalized spacial score (nSPS) is 17.9. The van der Waals surface area contributed by atoms with E-state index in [2.05, 4.69) is 38.4 Å². The molecule has 31 heavy (non-hydrogen) atoms. The molecule has 0 radical (unpaired) electrons. The van der Waals surface area contributed by atoms with E-state index in [1.165, 1.54) is 12.8 Å². The molecule has 2 fully saturated rings. The predicted molar refractivity (Wildman–Crippen MR) is 136 cm³/mol. The van der Waals surface area contributed by atoms with Crippen molar-refractivity contribution in [2.24, 2.45) is 10.9 Å². The summed E-state index contributed by atoms with van der Waals surface area (Å²) in [5, 5.41) is 6.74. The fourth-order valence-corrected chi connectivity index (χ4v) is 4.24. The van der Waals surface area contributed by atoms with E-state index in [1.807, 2.05) is 18.2 Å². The first-order valence-electron chi connectivity index (χ1n) is 11.4. The topological polar surface area (TPSA) is 69.2 Å². The molecule has 174 valence electrons. The lowest BCUT2D eigenvalue weighted by atomic mass is 10.1. The highest BCUT2D eigenvalue weighted by molar-refractivity contribution is 14.0. The largest absolute Gasteiger partial charge is 0.497 e. The van der Waals surface area contributed by atoms with Crippen LogP contribution in [-0.2, 0) is 11.3 Å². The van der Waals surface area contributed by atoms with Crippen molar-refractivity contribution >= 4 is 35.8 Å². The van der Waals surface area contributed by atoms with Crippen LogP contribution in [0.25, 0.3) is 0 Å². The fourth-order valence-electron chi connectivity index (χ4n) is 4.24. The number of carbonyl (C=O) groups is 1. The molecule has 2 aliphatic rings. The summed E-state index contributed by atoms with van der Waals surface area (Å²) in [5.74, 6) is 2.37. The Morgan fingerprint density at radius 2 is 1.90 bits per heavy atom. The highest BCUT2D eigenvalue weighted by atomic mass is 127. The number of aliphatic imine (C=N–C) groups is 1. The highest BCUT2D eigenvalue weighted by Crippen LogP contribution is 2.26. The maximum Gasteiger partial charge on any atom is 0.225 e. The minimum Gasteiger partial charge on any atom is -0.497 e. The molecule has 0 bridgehead atoms. The molecule has 1 aromatic carbocycles.